The number of amidine groups is 1. The van der Waals surface area contributed by atoms with Crippen LogP contribution in [0.2, 0.25) is 0 Å². The van der Waals surface area contributed by atoms with Gasteiger partial charge in [0.05, 0.1) is 30.5 Å². The number of hydrogen-bond acceptors (Lipinski definition) is 6. The van der Waals surface area contributed by atoms with Crippen molar-refractivity contribution in [1.29, 1.82) is 0 Å². The fourth-order valence-corrected chi connectivity index (χ4v) is 4.82. The number of thioether (sulfide) groups is 1. The second-order valence-corrected chi connectivity index (χ2v) is 9.45. The van der Waals surface area contributed by atoms with Gasteiger partial charge in [-0.3, -0.25) is 14.5 Å². The number of nitrogens with one attached hydrogen (secondary N) is 1. The highest BCUT2D eigenvalue weighted by Gasteiger charge is 2.39. The normalized spacial score (nSPS) is 16.5. The first-order chi connectivity index (χ1) is 18.1. The van der Waals surface area contributed by atoms with Crippen molar-refractivity contribution in [1.82, 2.24) is 4.90 Å². The number of benzene rings is 3. The van der Waals surface area contributed by atoms with E-state index < -0.39 is 28.9 Å². The van der Waals surface area contributed by atoms with Crippen molar-refractivity contribution in [3.8, 4) is 0 Å². The predicted molar refractivity (Wildman–Crippen MR) is 138 cm³/mol. The Bertz CT molecular complexity index is 1340. The highest BCUT2D eigenvalue weighted by Crippen LogP contribution is 2.34. The van der Waals surface area contributed by atoms with Crippen LogP contribution in [0.4, 0.5) is 24.5 Å². The lowest BCUT2D eigenvalue weighted by Crippen LogP contribution is -2.33. The van der Waals surface area contributed by atoms with Gasteiger partial charge < -0.3 is 10.1 Å². The monoisotopic (exact) mass is 541 g/mol. The Labute approximate surface area is 220 Å². The maximum atomic E-state index is 13.3. The number of ether oxygens (including phenoxy) is 1. The third-order valence-corrected chi connectivity index (χ3v) is 6.76. The van der Waals surface area contributed by atoms with Gasteiger partial charge in [0.2, 0.25) is 11.8 Å². The number of anilines is 1. The Hall–Kier alpha value is -4.12. The smallest absolute Gasteiger partial charge is 0.416 e. The molecular weight excluding hydrogens is 519 g/mol. The number of aliphatic imine (C=N–C) groups is 1. The van der Waals surface area contributed by atoms with Crippen LogP contribution in [-0.2, 0) is 27.0 Å². The molecule has 7 nitrogen and oxygen atoms in total. The van der Waals surface area contributed by atoms with E-state index >= 15 is 0 Å². The molecule has 2 amide bonds. The summed E-state index contributed by atoms with van der Waals surface area (Å²) in [6, 6.07) is 19.6. The number of esters is 1. The number of carbonyl (C=O) groups excluding carboxylic acids is 3. The van der Waals surface area contributed by atoms with Gasteiger partial charge in [-0.15, -0.1) is 0 Å². The number of nitrogens with zero attached hydrogens (tertiary/aromatic N) is 2. The first-order valence-corrected chi connectivity index (χ1v) is 12.3. The first-order valence-electron chi connectivity index (χ1n) is 11.4. The molecule has 3 aromatic carbocycles. The number of rotatable bonds is 7. The molecule has 0 aliphatic carbocycles. The fraction of sp³-hybridized carbons (Fsp3) is 0.185. The average molecular weight is 542 g/mol. The highest BCUT2D eigenvalue weighted by atomic mass is 32.2. The van der Waals surface area contributed by atoms with Gasteiger partial charge in [0.25, 0.3) is 0 Å². The maximum absolute atomic E-state index is 13.3. The molecule has 0 bridgehead atoms. The van der Waals surface area contributed by atoms with Gasteiger partial charge in [0.15, 0.2) is 5.17 Å². The largest absolute Gasteiger partial charge is 0.465 e. The number of alkyl halides is 3. The number of methoxy groups -OCH3 is 1. The summed E-state index contributed by atoms with van der Waals surface area (Å²) in [6.45, 7) is 0.194. The van der Waals surface area contributed by atoms with E-state index in [1.807, 2.05) is 30.3 Å². The minimum atomic E-state index is -4.47. The zero-order valence-electron chi connectivity index (χ0n) is 20.1. The summed E-state index contributed by atoms with van der Waals surface area (Å²) in [6.07, 6.45) is -4.62. The van der Waals surface area contributed by atoms with E-state index in [1.54, 1.807) is 12.1 Å². The number of amides is 2. The molecule has 1 aliphatic rings. The number of carbonyl (C=O) groups is 3. The predicted octanol–water partition coefficient (Wildman–Crippen LogP) is 5.65. The van der Waals surface area contributed by atoms with Crippen LogP contribution in [0.5, 0.6) is 0 Å². The molecule has 3 aromatic rings. The summed E-state index contributed by atoms with van der Waals surface area (Å²) in [4.78, 5) is 43.4. The Morgan fingerprint density at radius 3 is 2.26 bits per heavy atom. The molecule has 196 valence electrons. The minimum Gasteiger partial charge on any atom is -0.465 e. The van der Waals surface area contributed by atoms with Gasteiger partial charge in [-0.25, -0.2) is 9.79 Å². The van der Waals surface area contributed by atoms with Crippen LogP contribution in [0.25, 0.3) is 0 Å². The molecule has 1 heterocycles. The second-order valence-electron chi connectivity index (χ2n) is 8.28. The Kier molecular flexibility index (Phi) is 8.16. The van der Waals surface area contributed by atoms with Gasteiger partial charge in [-0.2, -0.15) is 13.2 Å². The van der Waals surface area contributed by atoms with Gasteiger partial charge in [0.1, 0.15) is 5.25 Å². The number of halogens is 3. The molecule has 1 N–H and O–H groups in total. The molecule has 38 heavy (non-hydrogen) atoms. The molecular formula is C27H22F3N3O4S. The first kappa shape index (κ1) is 26.9. The van der Waals surface area contributed by atoms with Crippen LogP contribution in [0.1, 0.15) is 27.9 Å². The van der Waals surface area contributed by atoms with Crippen molar-refractivity contribution in [2.75, 3.05) is 12.4 Å². The van der Waals surface area contributed by atoms with E-state index in [-0.39, 0.29) is 24.6 Å². The van der Waals surface area contributed by atoms with Crippen LogP contribution >= 0.6 is 11.8 Å². The molecule has 4 rings (SSSR count). The van der Waals surface area contributed by atoms with E-state index in [2.05, 4.69) is 15.0 Å². The van der Waals surface area contributed by atoms with E-state index in [4.69, 9.17) is 0 Å². The standard InChI is InChI=1S/C27H22F3N3O4S/c1-37-25(36)18-7-11-20(12-8-18)31-23(34)15-22-24(35)33(16-17-5-3-2-4-6-17)26(38-22)32-21-13-9-19(10-14-21)27(28,29)30/h2-14,22H,15-16H2,1H3,(H,31,34)/t22-/m1/s1. The lowest BCUT2D eigenvalue weighted by atomic mass is 10.2. The second kappa shape index (κ2) is 11.5. The number of hydrogen-bond donors (Lipinski definition) is 1. The molecule has 1 fully saturated rings. The van der Waals surface area contributed by atoms with Crippen LogP contribution in [0.15, 0.2) is 83.9 Å². The maximum Gasteiger partial charge on any atom is 0.416 e. The summed E-state index contributed by atoms with van der Waals surface area (Å²) >= 11 is 1.08. The Balaban J connectivity index is 1.51. The summed E-state index contributed by atoms with van der Waals surface area (Å²) in [5, 5.41) is 2.22. The summed E-state index contributed by atoms with van der Waals surface area (Å²) in [5.41, 5.74) is 1.05. The van der Waals surface area contributed by atoms with Crippen molar-refractivity contribution < 1.29 is 32.3 Å². The summed E-state index contributed by atoms with van der Waals surface area (Å²) in [7, 11) is 1.27. The third kappa shape index (κ3) is 6.60. The van der Waals surface area contributed by atoms with E-state index in [1.165, 1.54) is 36.3 Å². The lowest BCUT2D eigenvalue weighted by molar-refractivity contribution is -0.137. The van der Waals surface area contributed by atoms with Crippen molar-refractivity contribution in [2.24, 2.45) is 4.99 Å². The van der Waals surface area contributed by atoms with Crippen molar-refractivity contribution >= 4 is 46.1 Å². The molecule has 0 aromatic heterocycles. The van der Waals surface area contributed by atoms with Gasteiger partial charge in [0, 0.05) is 12.1 Å². The van der Waals surface area contributed by atoms with Gasteiger partial charge in [-0.05, 0) is 54.1 Å². The van der Waals surface area contributed by atoms with Crippen LogP contribution < -0.4 is 5.32 Å². The Morgan fingerprint density at radius 2 is 1.66 bits per heavy atom. The van der Waals surface area contributed by atoms with Crippen LogP contribution in [0.3, 0.4) is 0 Å². The van der Waals surface area contributed by atoms with Crippen LogP contribution in [0, 0.1) is 0 Å². The third-order valence-electron chi connectivity index (χ3n) is 5.58. The minimum absolute atomic E-state index is 0.153. The summed E-state index contributed by atoms with van der Waals surface area (Å²) in [5.74, 6) is -1.26. The average Bonchev–Trinajstić information content (AvgIpc) is 3.17. The van der Waals surface area contributed by atoms with Crippen molar-refractivity contribution in [3.63, 3.8) is 0 Å². The van der Waals surface area contributed by atoms with Gasteiger partial charge >= 0.3 is 12.1 Å². The van der Waals surface area contributed by atoms with E-state index in [9.17, 15) is 27.6 Å². The fourth-order valence-electron chi connectivity index (χ4n) is 3.66. The Morgan fingerprint density at radius 1 is 1.00 bits per heavy atom. The van der Waals surface area contributed by atoms with E-state index in [0.717, 1.165) is 29.5 Å². The quantitative estimate of drug-likeness (QED) is 0.391. The molecule has 1 saturated heterocycles. The topological polar surface area (TPSA) is 88.1 Å². The molecule has 1 atom stereocenters. The highest BCUT2D eigenvalue weighted by molar-refractivity contribution is 8.15. The van der Waals surface area contributed by atoms with Crippen molar-refractivity contribution in [2.45, 2.75) is 24.4 Å². The molecule has 11 heteroatoms. The van der Waals surface area contributed by atoms with Gasteiger partial charge in [-0.1, -0.05) is 42.1 Å². The molecule has 0 unspecified atom stereocenters. The lowest BCUT2D eigenvalue weighted by Gasteiger charge is -2.16. The molecule has 0 saturated carbocycles. The molecule has 1 aliphatic heterocycles. The molecule has 0 spiro atoms. The van der Waals surface area contributed by atoms with E-state index in [0.29, 0.717) is 16.4 Å². The molecule has 0 radical (unpaired) electrons. The zero-order chi connectivity index (χ0) is 27.3. The van der Waals surface area contributed by atoms with Crippen molar-refractivity contribution in [3.05, 3.63) is 95.6 Å². The van der Waals surface area contributed by atoms with Crippen LogP contribution in [-0.4, -0.2) is 40.2 Å². The summed E-state index contributed by atoms with van der Waals surface area (Å²) < 4.78 is 43.4. The zero-order valence-corrected chi connectivity index (χ0v) is 20.9. The SMILES string of the molecule is COC(=O)c1ccc(NC(=O)C[C@H]2SC(=Nc3ccc(C(F)(F)F)cc3)N(Cc3ccccc3)C2=O)cc1.